The van der Waals surface area contributed by atoms with Gasteiger partial charge in [0.05, 0.1) is 12.7 Å². The smallest absolute Gasteiger partial charge is 0.248 e. The van der Waals surface area contributed by atoms with Crippen LogP contribution in [0.3, 0.4) is 0 Å². The van der Waals surface area contributed by atoms with E-state index in [1.165, 1.54) is 10.7 Å². The largest absolute Gasteiger partial charge is 0.497 e. The van der Waals surface area contributed by atoms with E-state index in [-0.39, 0.29) is 5.57 Å². The number of nitrogens with one attached hydrogen (secondary N) is 1. The van der Waals surface area contributed by atoms with Crippen molar-refractivity contribution in [2.75, 3.05) is 12.4 Å². The first kappa shape index (κ1) is 17.7. The Labute approximate surface area is 160 Å². The van der Waals surface area contributed by atoms with Gasteiger partial charge in [-0.1, -0.05) is 30.3 Å². The van der Waals surface area contributed by atoms with E-state index in [1.807, 2.05) is 18.2 Å². The summed E-state index contributed by atoms with van der Waals surface area (Å²) in [5, 5.41) is 7.59. The van der Waals surface area contributed by atoms with Crippen LogP contribution in [0.15, 0.2) is 59.8 Å². The predicted molar refractivity (Wildman–Crippen MR) is 102 cm³/mol. The van der Waals surface area contributed by atoms with Gasteiger partial charge in [0.15, 0.2) is 5.82 Å². The molecule has 8 heteroatoms. The molecule has 0 unspecified atom stereocenters. The number of anilines is 1. The number of methoxy groups -OCH3 is 1. The molecule has 1 aliphatic heterocycles. The monoisotopic (exact) mass is 379 g/mol. The highest BCUT2D eigenvalue weighted by atomic mass is 19.1. The second-order valence-electron chi connectivity index (χ2n) is 6.39. The molecule has 142 valence electrons. The number of nitrogens with two attached hydrogens (primary N) is 1. The molecule has 28 heavy (non-hydrogen) atoms. The van der Waals surface area contributed by atoms with Crippen LogP contribution >= 0.6 is 0 Å². The third-order valence-corrected chi connectivity index (χ3v) is 4.65. The molecule has 1 aliphatic rings. The van der Waals surface area contributed by atoms with Crippen molar-refractivity contribution < 1.29 is 13.9 Å². The number of hydrogen-bond donors (Lipinski definition) is 2. The number of amides is 1. The number of aromatic nitrogens is 3. The minimum absolute atomic E-state index is 0.236. The molecule has 3 N–H and O–H groups in total. The Morgan fingerprint density at radius 3 is 2.75 bits per heavy atom. The Morgan fingerprint density at radius 1 is 1.25 bits per heavy atom. The van der Waals surface area contributed by atoms with Gasteiger partial charge in [0.2, 0.25) is 11.9 Å². The molecule has 0 saturated carbocycles. The van der Waals surface area contributed by atoms with E-state index in [1.54, 1.807) is 38.3 Å². The highest BCUT2D eigenvalue weighted by Crippen LogP contribution is 2.37. The molecule has 4 rings (SSSR count). The Bertz CT molecular complexity index is 1110. The Hall–Kier alpha value is -3.68. The number of nitrogens with zero attached hydrogens (tertiary/aromatic N) is 3. The maximum Gasteiger partial charge on any atom is 0.248 e. The molecule has 0 spiro atoms. The van der Waals surface area contributed by atoms with Crippen molar-refractivity contribution in [3.05, 3.63) is 71.2 Å². The van der Waals surface area contributed by atoms with Crippen molar-refractivity contribution in [1.82, 2.24) is 14.8 Å². The second kappa shape index (κ2) is 6.80. The van der Waals surface area contributed by atoms with Crippen LogP contribution in [0.1, 0.15) is 18.5 Å². The minimum Gasteiger partial charge on any atom is -0.497 e. The number of primary amides is 1. The normalized spacial score (nSPS) is 15.8. The number of hydrogen-bond acceptors (Lipinski definition) is 5. The molecule has 0 aliphatic carbocycles. The summed E-state index contributed by atoms with van der Waals surface area (Å²) in [6.07, 6.45) is 0. The average molecular weight is 379 g/mol. The van der Waals surface area contributed by atoms with Crippen molar-refractivity contribution in [3.8, 4) is 17.1 Å². The van der Waals surface area contributed by atoms with E-state index in [0.29, 0.717) is 28.8 Å². The van der Waals surface area contributed by atoms with Gasteiger partial charge in [0.25, 0.3) is 0 Å². The molecular weight excluding hydrogens is 361 g/mol. The lowest BCUT2D eigenvalue weighted by Gasteiger charge is -2.27. The lowest BCUT2D eigenvalue weighted by atomic mass is 9.95. The first-order chi connectivity index (χ1) is 13.5. The van der Waals surface area contributed by atoms with Crippen molar-refractivity contribution in [2.45, 2.75) is 13.0 Å². The van der Waals surface area contributed by atoms with Gasteiger partial charge < -0.3 is 15.8 Å². The maximum atomic E-state index is 14.6. The number of fused-ring (bicyclic) bond motifs is 1. The number of rotatable bonds is 4. The quantitative estimate of drug-likeness (QED) is 0.727. The third-order valence-electron chi connectivity index (χ3n) is 4.65. The fraction of sp³-hybridized carbons (Fsp3) is 0.150. The van der Waals surface area contributed by atoms with Gasteiger partial charge in [-0.15, -0.1) is 5.10 Å². The maximum absolute atomic E-state index is 14.6. The Morgan fingerprint density at radius 2 is 2.04 bits per heavy atom. The van der Waals surface area contributed by atoms with Crippen molar-refractivity contribution in [1.29, 1.82) is 0 Å². The molecule has 7 nitrogen and oxygen atoms in total. The van der Waals surface area contributed by atoms with E-state index in [9.17, 15) is 9.18 Å². The van der Waals surface area contributed by atoms with Crippen LogP contribution in [0.25, 0.3) is 11.4 Å². The summed E-state index contributed by atoms with van der Waals surface area (Å²) in [7, 11) is 1.58. The second-order valence-corrected chi connectivity index (χ2v) is 6.39. The Kier molecular flexibility index (Phi) is 4.31. The number of halogens is 1. The SMILES string of the molecule is COc1cccc(-c2nc3n(n2)[C@H](c2ccccc2F)C(C(N)=O)=C(C)N3)c1. The fourth-order valence-corrected chi connectivity index (χ4v) is 3.34. The van der Waals surface area contributed by atoms with E-state index < -0.39 is 17.8 Å². The summed E-state index contributed by atoms with van der Waals surface area (Å²) in [5.74, 6) is 0.374. The van der Waals surface area contributed by atoms with Crippen molar-refractivity contribution >= 4 is 11.9 Å². The van der Waals surface area contributed by atoms with E-state index in [4.69, 9.17) is 10.5 Å². The van der Waals surface area contributed by atoms with Crippen LogP contribution in [0.4, 0.5) is 10.3 Å². The van der Waals surface area contributed by atoms with Crippen molar-refractivity contribution in [3.63, 3.8) is 0 Å². The van der Waals surface area contributed by atoms with Gasteiger partial charge in [-0.25, -0.2) is 9.07 Å². The number of ether oxygens (including phenoxy) is 1. The van der Waals surface area contributed by atoms with Gasteiger partial charge in [-0.2, -0.15) is 4.98 Å². The van der Waals surface area contributed by atoms with Crippen LogP contribution < -0.4 is 15.8 Å². The number of carbonyl (C=O) groups excluding carboxylic acids is 1. The Balaban J connectivity index is 1.89. The molecule has 0 saturated heterocycles. The van der Waals surface area contributed by atoms with E-state index in [2.05, 4.69) is 15.4 Å². The van der Waals surface area contributed by atoms with Gasteiger partial charge in [0, 0.05) is 16.8 Å². The van der Waals surface area contributed by atoms with Gasteiger partial charge >= 0.3 is 0 Å². The van der Waals surface area contributed by atoms with Gasteiger partial charge in [0.1, 0.15) is 17.6 Å². The summed E-state index contributed by atoms with van der Waals surface area (Å²) < 4.78 is 21.3. The molecule has 2 heterocycles. The van der Waals surface area contributed by atoms with Crippen LogP contribution in [0.2, 0.25) is 0 Å². The zero-order valence-corrected chi connectivity index (χ0v) is 15.3. The number of allylic oxidation sites excluding steroid dienone is 1. The van der Waals surface area contributed by atoms with Gasteiger partial charge in [-0.3, -0.25) is 4.79 Å². The van der Waals surface area contributed by atoms with Crippen LogP contribution in [0.5, 0.6) is 5.75 Å². The average Bonchev–Trinajstić information content (AvgIpc) is 3.11. The lowest BCUT2D eigenvalue weighted by Crippen LogP contribution is -2.32. The lowest BCUT2D eigenvalue weighted by molar-refractivity contribution is -0.115. The minimum atomic E-state index is -0.818. The third kappa shape index (κ3) is 2.88. The molecule has 1 amide bonds. The van der Waals surface area contributed by atoms with E-state index in [0.717, 1.165) is 5.56 Å². The zero-order chi connectivity index (χ0) is 19.8. The topological polar surface area (TPSA) is 95.1 Å². The molecule has 1 aromatic heterocycles. The first-order valence-corrected chi connectivity index (χ1v) is 8.62. The fourth-order valence-electron chi connectivity index (χ4n) is 3.34. The van der Waals surface area contributed by atoms with Crippen LogP contribution in [0, 0.1) is 5.82 Å². The van der Waals surface area contributed by atoms with Crippen molar-refractivity contribution in [2.24, 2.45) is 5.73 Å². The summed E-state index contributed by atoms with van der Waals surface area (Å²) >= 11 is 0. The standard InChI is InChI=1S/C20H18FN5O2/c1-11-16(18(22)27)17(14-8-3-4-9-15(14)21)26-20(23-11)24-19(25-26)12-6-5-7-13(10-12)28-2/h3-10,17H,1-2H3,(H2,22,27)(H,23,24,25)/t17-/m1/s1. The summed E-state index contributed by atoms with van der Waals surface area (Å²) in [6.45, 7) is 1.71. The summed E-state index contributed by atoms with van der Waals surface area (Å²) in [4.78, 5) is 16.7. The van der Waals surface area contributed by atoms with Gasteiger partial charge in [-0.05, 0) is 25.1 Å². The zero-order valence-electron chi connectivity index (χ0n) is 15.3. The number of benzene rings is 2. The molecule has 0 bridgehead atoms. The number of carbonyl (C=O) groups is 1. The molecule has 0 fully saturated rings. The summed E-state index contributed by atoms with van der Waals surface area (Å²) in [6, 6.07) is 12.7. The molecule has 0 radical (unpaired) electrons. The highest BCUT2D eigenvalue weighted by Gasteiger charge is 2.34. The predicted octanol–water partition coefficient (Wildman–Crippen LogP) is 2.87. The van der Waals surface area contributed by atoms with E-state index >= 15 is 0 Å². The molecular formula is C20H18FN5O2. The molecule has 3 aromatic rings. The summed E-state index contributed by atoms with van der Waals surface area (Å²) in [5.41, 5.74) is 7.38. The first-order valence-electron chi connectivity index (χ1n) is 8.62. The highest BCUT2D eigenvalue weighted by molar-refractivity contribution is 5.95. The molecule has 2 aromatic carbocycles. The molecule has 1 atom stereocenters. The van der Waals surface area contributed by atoms with Crippen LogP contribution in [-0.4, -0.2) is 27.8 Å². The van der Waals surface area contributed by atoms with Crippen LogP contribution in [-0.2, 0) is 4.79 Å².